The summed E-state index contributed by atoms with van der Waals surface area (Å²) in [6.07, 6.45) is 1.78. The van der Waals surface area contributed by atoms with Gasteiger partial charge in [-0.05, 0) is 25.0 Å². The molecule has 1 aromatic carbocycles. The van der Waals surface area contributed by atoms with Crippen LogP contribution in [0.2, 0.25) is 0 Å². The molecule has 0 atom stereocenters. The minimum Gasteiger partial charge on any atom is -0.469 e. The van der Waals surface area contributed by atoms with Crippen LogP contribution in [-0.4, -0.2) is 56.9 Å². The van der Waals surface area contributed by atoms with E-state index in [-0.39, 0.29) is 18.1 Å². The van der Waals surface area contributed by atoms with Crippen molar-refractivity contribution in [2.75, 3.05) is 38.8 Å². The zero-order valence-corrected chi connectivity index (χ0v) is 13.7. The zero-order valence-electron chi connectivity index (χ0n) is 13.7. The summed E-state index contributed by atoms with van der Waals surface area (Å²) in [4.78, 5) is 27.4. The van der Waals surface area contributed by atoms with Crippen LogP contribution in [0.15, 0.2) is 30.3 Å². The van der Waals surface area contributed by atoms with Crippen LogP contribution in [-0.2, 0) is 14.3 Å². The Kier molecular flexibility index (Phi) is 6.40. The molecule has 0 saturated carbocycles. The monoisotopic (exact) mass is 320 g/mol. The Morgan fingerprint density at radius 3 is 2.35 bits per heavy atom. The summed E-state index contributed by atoms with van der Waals surface area (Å²) < 4.78 is 9.62. The molecule has 2 rings (SSSR count). The van der Waals surface area contributed by atoms with Gasteiger partial charge in [-0.3, -0.25) is 9.69 Å². The van der Waals surface area contributed by atoms with Gasteiger partial charge in [-0.2, -0.15) is 0 Å². The van der Waals surface area contributed by atoms with E-state index in [1.165, 1.54) is 14.2 Å². The smallest absolute Gasteiger partial charge is 0.414 e. The van der Waals surface area contributed by atoms with Gasteiger partial charge in [-0.25, -0.2) is 4.79 Å². The van der Waals surface area contributed by atoms with Crippen molar-refractivity contribution in [1.29, 1.82) is 0 Å². The molecule has 1 aromatic rings. The number of likely N-dealkylation sites (tertiary alicyclic amines) is 1. The second kappa shape index (κ2) is 8.53. The van der Waals surface area contributed by atoms with E-state index in [0.29, 0.717) is 13.0 Å². The standard InChI is InChI=1S/C17H24N2O4/c1-22-16(20)10-13-18-11-8-15(9-12-18)19(17(21)23-2)14-6-4-3-5-7-14/h3-7,15H,8-13H2,1-2H3. The Balaban J connectivity index is 1.95. The molecular formula is C17H24N2O4. The number of rotatable bonds is 5. The first-order valence-electron chi connectivity index (χ1n) is 7.87. The first kappa shape index (κ1) is 17.3. The van der Waals surface area contributed by atoms with Crippen molar-refractivity contribution >= 4 is 17.7 Å². The maximum absolute atomic E-state index is 12.2. The lowest BCUT2D eigenvalue weighted by Gasteiger charge is -2.37. The van der Waals surface area contributed by atoms with Crippen LogP contribution < -0.4 is 4.90 Å². The van der Waals surface area contributed by atoms with Crippen molar-refractivity contribution in [3.8, 4) is 0 Å². The predicted octanol–water partition coefficient (Wildman–Crippen LogP) is 2.29. The number of carbonyl (C=O) groups excluding carboxylic acids is 2. The van der Waals surface area contributed by atoms with Gasteiger partial charge in [0.2, 0.25) is 0 Å². The van der Waals surface area contributed by atoms with Gasteiger partial charge < -0.3 is 14.4 Å². The van der Waals surface area contributed by atoms with Gasteiger partial charge >= 0.3 is 12.1 Å². The second-order valence-electron chi connectivity index (χ2n) is 5.57. The Labute approximate surface area is 137 Å². The van der Waals surface area contributed by atoms with E-state index in [0.717, 1.165) is 31.6 Å². The average molecular weight is 320 g/mol. The summed E-state index contributed by atoms with van der Waals surface area (Å²) in [6, 6.07) is 9.70. The maximum atomic E-state index is 12.2. The first-order valence-corrected chi connectivity index (χ1v) is 7.87. The van der Waals surface area contributed by atoms with E-state index < -0.39 is 0 Å². The molecule has 0 radical (unpaired) electrons. The van der Waals surface area contributed by atoms with Crippen LogP contribution in [0.3, 0.4) is 0 Å². The third-order valence-electron chi connectivity index (χ3n) is 4.19. The van der Waals surface area contributed by atoms with Gasteiger partial charge in [0, 0.05) is 31.4 Å². The number of ether oxygens (including phenoxy) is 2. The molecule has 1 heterocycles. The van der Waals surface area contributed by atoms with E-state index in [9.17, 15) is 9.59 Å². The van der Waals surface area contributed by atoms with E-state index in [4.69, 9.17) is 4.74 Å². The molecule has 1 saturated heterocycles. The normalized spacial score (nSPS) is 15.9. The van der Waals surface area contributed by atoms with Crippen molar-refractivity contribution in [3.63, 3.8) is 0 Å². The number of esters is 1. The molecule has 1 amide bonds. The minimum absolute atomic E-state index is 0.110. The molecule has 23 heavy (non-hydrogen) atoms. The first-order chi connectivity index (χ1) is 11.2. The number of piperidine rings is 1. The van der Waals surface area contributed by atoms with E-state index in [2.05, 4.69) is 9.64 Å². The third-order valence-corrected chi connectivity index (χ3v) is 4.19. The molecule has 0 aromatic heterocycles. The maximum Gasteiger partial charge on any atom is 0.414 e. The lowest BCUT2D eigenvalue weighted by atomic mass is 10.0. The van der Waals surface area contributed by atoms with Crippen molar-refractivity contribution in [3.05, 3.63) is 30.3 Å². The van der Waals surface area contributed by atoms with Crippen LogP contribution in [0.1, 0.15) is 19.3 Å². The summed E-state index contributed by atoms with van der Waals surface area (Å²) in [6.45, 7) is 2.40. The number of hydrogen-bond acceptors (Lipinski definition) is 5. The highest BCUT2D eigenvalue weighted by Crippen LogP contribution is 2.24. The molecule has 1 aliphatic rings. The number of methoxy groups -OCH3 is 2. The Bertz CT molecular complexity index is 513. The highest BCUT2D eigenvalue weighted by Gasteiger charge is 2.29. The second-order valence-corrected chi connectivity index (χ2v) is 5.57. The van der Waals surface area contributed by atoms with Crippen LogP contribution >= 0.6 is 0 Å². The lowest BCUT2D eigenvalue weighted by Crippen LogP contribution is -2.48. The number of para-hydroxylation sites is 1. The van der Waals surface area contributed by atoms with Crippen molar-refractivity contribution in [2.45, 2.75) is 25.3 Å². The van der Waals surface area contributed by atoms with Gasteiger partial charge in [-0.1, -0.05) is 18.2 Å². The topological polar surface area (TPSA) is 59.1 Å². The third kappa shape index (κ3) is 4.69. The van der Waals surface area contributed by atoms with E-state index >= 15 is 0 Å². The quantitative estimate of drug-likeness (QED) is 0.779. The molecule has 6 heteroatoms. The van der Waals surface area contributed by atoms with Crippen LogP contribution in [0.25, 0.3) is 0 Å². The highest BCUT2D eigenvalue weighted by atomic mass is 16.5. The summed E-state index contributed by atoms with van der Waals surface area (Å²) >= 11 is 0. The lowest BCUT2D eigenvalue weighted by molar-refractivity contribution is -0.141. The average Bonchev–Trinajstić information content (AvgIpc) is 2.61. The molecule has 0 bridgehead atoms. The number of carbonyl (C=O) groups is 2. The number of benzene rings is 1. The number of hydrogen-bond donors (Lipinski definition) is 0. The zero-order chi connectivity index (χ0) is 16.7. The van der Waals surface area contributed by atoms with Gasteiger partial charge in [0.05, 0.1) is 20.6 Å². The van der Waals surface area contributed by atoms with Crippen molar-refractivity contribution < 1.29 is 19.1 Å². The fourth-order valence-electron chi connectivity index (χ4n) is 2.90. The molecule has 6 nitrogen and oxygen atoms in total. The summed E-state index contributed by atoms with van der Waals surface area (Å²) in [5.74, 6) is -0.187. The number of amides is 1. The molecule has 126 valence electrons. The van der Waals surface area contributed by atoms with E-state index in [1.807, 2.05) is 30.3 Å². The van der Waals surface area contributed by atoms with Crippen LogP contribution in [0, 0.1) is 0 Å². The molecular weight excluding hydrogens is 296 g/mol. The SMILES string of the molecule is COC(=O)CCN1CCC(N(C(=O)OC)c2ccccc2)CC1. The van der Waals surface area contributed by atoms with Gasteiger partial charge in [0.15, 0.2) is 0 Å². The van der Waals surface area contributed by atoms with Crippen LogP contribution in [0.4, 0.5) is 10.5 Å². The Hall–Kier alpha value is -2.08. The molecule has 0 spiro atoms. The number of anilines is 1. The molecule has 0 unspecified atom stereocenters. The van der Waals surface area contributed by atoms with Crippen molar-refractivity contribution in [1.82, 2.24) is 4.90 Å². The van der Waals surface area contributed by atoms with Gasteiger partial charge in [-0.15, -0.1) is 0 Å². The minimum atomic E-state index is -0.329. The molecule has 1 aliphatic heterocycles. The predicted molar refractivity (Wildman–Crippen MR) is 87.4 cm³/mol. The Morgan fingerprint density at radius 2 is 1.78 bits per heavy atom. The molecule has 0 N–H and O–H groups in total. The van der Waals surface area contributed by atoms with Gasteiger partial charge in [0.1, 0.15) is 0 Å². The van der Waals surface area contributed by atoms with Gasteiger partial charge in [0.25, 0.3) is 0 Å². The highest BCUT2D eigenvalue weighted by molar-refractivity contribution is 5.88. The van der Waals surface area contributed by atoms with E-state index in [1.54, 1.807) is 4.90 Å². The van der Waals surface area contributed by atoms with Crippen LogP contribution in [0.5, 0.6) is 0 Å². The fourth-order valence-corrected chi connectivity index (χ4v) is 2.90. The number of nitrogens with zero attached hydrogens (tertiary/aromatic N) is 2. The molecule has 0 aliphatic carbocycles. The summed E-state index contributed by atoms with van der Waals surface area (Å²) in [7, 11) is 2.81. The summed E-state index contributed by atoms with van der Waals surface area (Å²) in [5.41, 5.74) is 0.854. The Morgan fingerprint density at radius 1 is 1.13 bits per heavy atom. The molecule has 1 fully saturated rings. The fraction of sp³-hybridized carbons (Fsp3) is 0.529. The van der Waals surface area contributed by atoms with Crippen molar-refractivity contribution in [2.24, 2.45) is 0 Å². The summed E-state index contributed by atoms with van der Waals surface area (Å²) in [5, 5.41) is 0. The largest absolute Gasteiger partial charge is 0.469 e.